The number of carbonyl (C=O) groups is 1. The van der Waals surface area contributed by atoms with Crippen molar-refractivity contribution in [3.05, 3.63) is 48.1 Å². The van der Waals surface area contributed by atoms with Crippen LogP contribution in [0.3, 0.4) is 0 Å². The molecular weight excluding hydrogens is 645 g/mol. The van der Waals surface area contributed by atoms with Gasteiger partial charge in [-0.25, -0.2) is 0 Å². The van der Waals surface area contributed by atoms with Crippen LogP contribution in [0.2, 0.25) is 0 Å². The van der Waals surface area contributed by atoms with Gasteiger partial charge in [0, 0.05) is 12.8 Å². The van der Waals surface area contributed by atoms with Crippen molar-refractivity contribution >= 4 is 5.97 Å². The minimum atomic E-state index is 0.0529. The number of unbranched alkanes of at least 4 members (excludes halogenated alkanes) is 12. The zero-order valence-electron chi connectivity index (χ0n) is 36.2. The van der Waals surface area contributed by atoms with Crippen LogP contribution in [0.5, 0.6) is 0 Å². The molecule has 4 aliphatic rings. The Morgan fingerprint density at radius 2 is 1.43 bits per heavy atom. The van der Waals surface area contributed by atoms with E-state index in [0.29, 0.717) is 29.1 Å². The van der Waals surface area contributed by atoms with Crippen molar-refractivity contribution < 1.29 is 9.53 Å². The van der Waals surface area contributed by atoms with E-state index < -0.39 is 0 Å². The second-order valence-corrected chi connectivity index (χ2v) is 19.3. The number of fused-ring (bicyclic) bond motifs is 5. The smallest absolute Gasteiger partial charge is 0.306 e. The molecule has 9 unspecified atom stereocenters. The lowest BCUT2D eigenvalue weighted by Crippen LogP contribution is -2.51. The van der Waals surface area contributed by atoms with Crippen LogP contribution in [0.25, 0.3) is 0 Å². The molecule has 2 nitrogen and oxygen atoms in total. The molecule has 4 aliphatic carbocycles. The number of esters is 1. The van der Waals surface area contributed by atoms with E-state index in [9.17, 15) is 4.79 Å². The summed E-state index contributed by atoms with van der Waals surface area (Å²) in [6, 6.07) is 0. The fourth-order valence-corrected chi connectivity index (χ4v) is 11.9. The van der Waals surface area contributed by atoms with Crippen LogP contribution in [0.4, 0.5) is 0 Å². The van der Waals surface area contributed by atoms with Gasteiger partial charge in [0.15, 0.2) is 0 Å². The van der Waals surface area contributed by atoms with E-state index in [1.807, 2.05) is 0 Å². The van der Waals surface area contributed by atoms with Crippen LogP contribution >= 0.6 is 0 Å². The Morgan fingerprint density at radius 1 is 0.774 bits per heavy atom. The first-order chi connectivity index (χ1) is 25.6. The van der Waals surface area contributed by atoms with Crippen LogP contribution in [0.15, 0.2) is 48.1 Å². The van der Waals surface area contributed by atoms with Crippen molar-refractivity contribution in [1.82, 2.24) is 0 Å². The molecule has 0 saturated heterocycles. The first-order valence-corrected chi connectivity index (χ1v) is 23.5. The van der Waals surface area contributed by atoms with E-state index >= 15 is 0 Å². The highest BCUT2D eigenvalue weighted by Crippen LogP contribution is 2.67. The molecule has 4 rings (SSSR count). The molecule has 0 aromatic carbocycles. The van der Waals surface area contributed by atoms with Crippen LogP contribution < -0.4 is 0 Å². The lowest BCUT2D eigenvalue weighted by Gasteiger charge is -2.58. The van der Waals surface area contributed by atoms with Crippen LogP contribution in [-0.2, 0) is 9.53 Å². The SMILES string of the molecule is CCCCC/C=C\C/C=C\CCCCCCCCCCCC(=O)OC1CCC2(C)C(=CCC3C2CCC2(C)C(C(C)/C=C/C(CC)C(C)C)CCC32)C1. The monoisotopic (exact) mass is 731 g/mol. The minimum Gasteiger partial charge on any atom is -0.462 e. The van der Waals surface area contributed by atoms with Crippen LogP contribution in [-0.4, -0.2) is 12.1 Å². The summed E-state index contributed by atoms with van der Waals surface area (Å²) < 4.78 is 6.15. The van der Waals surface area contributed by atoms with Gasteiger partial charge in [0.05, 0.1) is 0 Å². The first-order valence-electron chi connectivity index (χ1n) is 23.5. The molecule has 0 spiro atoms. The average Bonchev–Trinajstić information content (AvgIpc) is 3.50. The van der Waals surface area contributed by atoms with Gasteiger partial charge in [-0.15, -0.1) is 0 Å². The Bertz CT molecular complexity index is 1170. The van der Waals surface area contributed by atoms with Crippen LogP contribution in [0.1, 0.15) is 209 Å². The van der Waals surface area contributed by atoms with Gasteiger partial charge >= 0.3 is 5.97 Å². The highest BCUT2D eigenvalue weighted by atomic mass is 16.5. The Kier molecular flexibility index (Phi) is 19.0. The molecule has 0 radical (unpaired) electrons. The largest absolute Gasteiger partial charge is 0.462 e. The maximum absolute atomic E-state index is 12.9. The van der Waals surface area contributed by atoms with E-state index in [0.717, 1.165) is 61.7 Å². The molecule has 0 aromatic heterocycles. The van der Waals surface area contributed by atoms with Crippen molar-refractivity contribution in [3.8, 4) is 0 Å². The van der Waals surface area contributed by atoms with Gasteiger partial charge in [0.1, 0.15) is 6.10 Å². The van der Waals surface area contributed by atoms with Gasteiger partial charge in [-0.1, -0.05) is 154 Å². The number of hydrogen-bond acceptors (Lipinski definition) is 2. The highest BCUT2D eigenvalue weighted by Gasteiger charge is 2.59. The molecule has 2 heteroatoms. The van der Waals surface area contributed by atoms with Gasteiger partial charge in [0.2, 0.25) is 0 Å². The van der Waals surface area contributed by atoms with E-state index in [2.05, 4.69) is 91.0 Å². The number of hydrogen-bond donors (Lipinski definition) is 0. The van der Waals surface area contributed by atoms with Crippen molar-refractivity contribution in [3.63, 3.8) is 0 Å². The molecule has 53 heavy (non-hydrogen) atoms. The van der Waals surface area contributed by atoms with E-state index in [4.69, 9.17) is 4.74 Å². The highest BCUT2D eigenvalue weighted by molar-refractivity contribution is 5.69. The number of allylic oxidation sites excluding steroid dienone is 7. The summed E-state index contributed by atoms with van der Waals surface area (Å²) >= 11 is 0. The van der Waals surface area contributed by atoms with Crippen molar-refractivity contribution in [2.24, 2.45) is 52.3 Å². The molecule has 0 aromatic rings. The molecular formula is C51H86O2. The second-order valence-electron chi connectivity index (χ2n) is 19.3. The molecule has 3 fully saturated rings. The second kappa shape index (κ2) is 22.9. The van der Waals surface area contributed by atoms with Crippen LogP contribution in [0, 0.1) is 52.3 Å². The number of rotatable bonds is 24. The standard InChI is InChI=1S/C51H86O2/c1-8-10-11-12-13-14-15-16-17-18-19-20-21-22-23-24-25-26-27-28-49(52)53-44-35-37-50(6)43(39-44)31-32-45-47-34-33-46(51(47,7)38-36-48(45)50)41(5)29-30-42(9-2)40(3)4/h13-14,16-17,29-31,40-42,44-48H,8-12,15,18-28,32-39H2,1-7H3/b14-13-,17-16-,30-29+. The Morgan fingerprint density at radius 3 is 2.09 bits per heavy atom. The molecule has 0 bridgehead atoms. The van der Waals surface area contributed by atoms with Gasteiger partial charge in [-0.05, 0) is 142 Å². The topological polar surface area (TPSA) is 26.3 Å². The maximum atomic E-state index is 12.9. The molecule has 0 amide bonds. The third kappa shape index (κ3) is 12.7. The summed E-state index contributed by atoms with van der Waals surface area (Å²) in [7, 11) is 0. The third-order valence-electron chi connectivity index (χ3n) is 15.4. The van der Waals surface area contributed by atoms with Gasteiger partial charge < -0.3 is 4.74 Å². The Balaban J connectivity index is 1.08. The Labute approximate surface area is 329 Å². The molecule has 302 valence electrons. The summed E-state index contributed by atoms with van der Waals surface area (Å²) in [6.45, 7) is 17.2. The minimum absolute atomic E-state index is 0.0529. The first kappa shape index (κ1) is 44.1. The fraction of sp³-hybridized carbons (Fsp3) is 0.824. The quantitative estimate of drug-likeness (QED) is 0.0561. The molecule has 3 saturated carbocycles. The third-order valence-corrected chi connectivity index (χ3v) is 15.4. The average molecular weight is 731 g/mol. The van der Waals surface area contributed by atoms with Gasteiger partial charge in [0.25, 0.3) is 0 Å². The molecule has 0 aliphatic heterocycles. The van der Waals surface area contributed by atoms with Gasteiger partial charge in [-0.3, -0.25) is 4.79 Å². The number of carbonyl (C=O) groups excluding carboxylic acids is 1. The summed E-state index contributed by atoms with van der Waals surface area (Å²) in [5.74, 6) is 5.53. The molecule has 0 heterocycles. The number of ether oxygens (including phenoxy) is 1. The van der Waals surface area contributed by atoms with Crippen molar-refractivity contribution in [1.29, 1.82) is 0 Å². The predicted molar refractivity (Wildman–Crippen MR) is 230 cm³/mol. The van der Waals surface area contributed by atoms with E-state index in [-0.39, 0.29) is 12.1 Å². The van der Waals surface area contributed by atoms with Crippen molar-refractivity contribution in [2.45, 2.75) is 215 Å². The zero-order valence-corrected chi connectivity index (χ0v) is 36.2. The molecule has 9 atom stereocenters. The fourth-order valence-electron chi connectivity index (χ4n) is 11.9. The predicted octanol–water partition coefficient (Wildman–Crippen LogP) is 15.7. The summed E-state index contributed by atoms with van der Waals surface area (Å²) in [5.41, 5.74) is 2.43. The normalized spacial score (nSPS) is 31.2. The summed E-state index contributed by atoms with van der Waals surface area (Å²) in [4.78, 5) is 12.9. The molecule has 0 N–H and O–H groups in total. The lowest BCUT2D eigenvalue weighted by atomic mass is 9.47. The lowest BCUT2D eigenvalue weighted by molar-refractivity contribution is -0.151. The van der Waals surface area contributed by atoms with Crippen molar-refractivity contribution in [2.75, 3.05) is 0 Å². The maximum Gasteiger partial charge on any atom is 0.306 e. The van der Waals surface area contributed by atoms with Gasteiger partial charge in [-0.2, -0.15) is 0 Å². The summed E-state index contributed by atoms with van der Waals surface area (Å²) in [5, 5.41) is 0. The van der Waals surface area contributed by atoms with E-state index in [1.54, 1.807) is 5.57 Å². The Hall–Kier alpha value is -1.57. The van der Waals surface area contributed by atoms with E-state index in [1.165, 1.54) is 122 Å². The summed E-state index contributed by atoms with van der Waals surface area (Å²) in [6.07, 6.45) is 48.3. The zero-order chi connectivity index (χ0) is 38.1.